The normalized spacial score (nSPS) is 13.3. The molecular formula is C20H23N3. The average molecular weight is 305 g/mol. The Hall–Kier alpha value is -2.42. The summed E-state index contributed by atoms with van der Waals surface area (Å²) in [6, 6.07) is 17.0. The Bertz CT molecular complexity index is 829. The summed E-state index contributed by atoms with van der Waals surface area (Å²) in [5, 5.41) is 0. The minimum Gasteiger partial charge on any atom is -0.326 e. The van der Waals surface area contributed by atoms with E-state index in [0.29, 0.717) is 12.0 Å². The summed E-state index contributed by atoms with van der Waals surface area (Å²) in [5.41, 5.74) is 4.51. The Balaban J connectivity index is 2.08. The number of nitrogens with zero attached hydrogens (tertiary/aromatic N) is 3. The fraction of sp³-hybridized carbons (Fsp3) is 0.300. The largest absolute Gasteiger partial charge is 0.326 e. The van der Waals surface area contributed by atoms with Crippen LogP contribution in [0.15, 0.2) is 53.5 Å². The number of hydrogen-bond acceptors (Lipinski definition) is 2. The Morgan fingerprint density at radius 3 is 2.43 bits per heavy atom. The predicted molar refractivity (Wildman–Crippen MR) is 98.0 cm³/mol. The lowest BCUT2D eigenvalue weighted by Gasteiger charge is -2.08. The fourth-order valence-corrected chi connectivity index (χ4v) is 2.55. The highest BCUT2D eigenvalue weighted by Gasteiger charge is 2.11. The van der Waals surface area contributed by atoms with Crippen LogP contribution in [0.4, 0.5) is 0 Å². The molecule has 0 aliphatic carbocycles. The van der Waals surface area contributed by atoms with Gasteiger partial charge in [0, 0.05) is 18.7 Å². The molecule has 2 aromatic carbocycles. The van der Waals surface area contributed by atoms with E-state index in [-0.39, 0.29) is 0 Å². The summed E-state index contributed by atoms with van der Waals surface area (Å²) in [5.74, 6) is 1.43. The summed E-state index contributed by atoms with van der Waals surface area (Å²) >= 11 is 0. The lowest BCUT2D eigenvalue weighted by molar-refractivity contribution is 0.532. The summed E-state index contributed by atoms with van der Waals surface area (Å²) in [6.07, 6.45) is 1.90. The van der Waals surface area contributed by atoms with Gasteiger partial charge in [-0.2, -0.15) is 0 Å². The topological polar surface area (TPSA) is 30.2 Å². The zero-order valence-electron chi connectivity index (χ0n) is 14.2. The lowest BCUT2D eigenvalue weighted by Crippen LogP contribution is -2.08. The van der Waals surface area contributed by atoms with Crippen molar-refractivity contribution in [3.63, 3.8) is 0 Å². The van der Waals surface area contributed by atoms with Crippen LogP contribution in [0.5, 0.6) is 0 Å². The average Bonchev–Trinajstić information content (AvgIpc) is 2.89. The molecule has 0 saturated carbocycles. The molecule has 0 bridgehead atoms. The Labute approximate surface area is 137 Å². The van der Waals surface area contributed by atoms with Gasteiger partial charge in [0.25, 0.3) is 0 Å². The van der Waals surface area contributed by atoms with Crippen LogP contribution < -0.4 is 0 Å². The van der Waals surface area contributed by atoms with Gasteiger partial charge in [-0.1, -0.05) is 56.3 Å². The number of rotatable bonds is 4. The van der Waals surface area contributed by atoms with Crippen LogP contribution in [-0.2, 0) is 7.05 Å². The number of aryl methyl sites for hydroxylation is 1. The first-order valence-electron chi connectivity index (χ1n) is 8.12. The number of aromatic nitrogens is 2. The first-order valence-corrected chi connectivity index (χ1v) is 8.12. The molecule has 3 heteroatoms. The SMILES string of the molecule is CC(C)C(C)/N=C/c1nc2c(-c3ccccc3)cccc2n1C. The molecule has 1 heterocycles. The van der Waals surface area contributed by atoms with Crippen LogP contribution in [0, 0.1) is 5.92 Å². The van der Waals surface area contributed by atoms with Gasteiger partial charge in [-0.25, -0.2) is 4.98 Å². The number of fused-ring (bicyclic) bond motifs is 1. The van der Waals surface area contributed by atoms with Crippen molar-refractivity contribution in [1.29, 1.82) is 0 Å². The first-order chi connectivity index (χ1) is 11.1. The number of benzene rings is 2. The third-order valence-electron chi connectivity index (χ3n) is 4.42. The number of imidazole rings is 1. The Morgan fingerprint density at radius 1 is 1.00 bits per heavy atom. The van der Waals surface area contributed by atoms with Gasteiger partial charge in [0.05, 0.1) is 17.2 Å². The molecule has 0 fully saturated rings. The van der Waals surface area contributed by atoms with Crippen molar-refractivity contribution in [3.8, 4) is 11.1 Å². The van der Waals surface area contributed by atoms with Gasteiger partial charge in [0.2, 0.25) is 0 Å². The van der Waals surface area contributed by atoms with E-state index in [4.69, 9.17) is 4.98 Å². The molecule has 23 heavy (non-hydrogen) atoms. The minimum absolute atomic E-state index is 0.295. The Morgan fingerprint density at radius 2 is 1.74 bits per heavy atom. The smallest absolute Gasteiger partial charge is 0.151 e. The summed E-state index contributed by atoms with van der Waals surface area (Å²) in [7, 11) is 2.05. The summed E-state index contributed by atoms with van der Waals surface area (Å²) < 4.78 is 2.11. The maximum Gasteiger partial charge on any atom is 0.151 e. The highest BCUT2D eigenvalue weighted by molar-refractivity contribution is 5.95. The summed E-state index contributed by atoms with van der Waals surface area (Å²) in [4.78, 5) is 9.48. The minimum atomic E-state index is 0.295. The number of aliphatic imine (C=N–C) groups is 1. The van der Waals surface area contributed by atoms with Gasteiger partial charge >= 0.3 is 0 Å². The predicted octanol–water partition coefficient (Wildman–Crippen LogP) is 4.70. The monoisotopic (exact) mass is 305 g/mol. The zero-order chi connectivity index (χ0) is 16.4. The molecule has 0 aliphatic rings. The van der Waals surface area contributed by atoms with Crippen molar-refractivity contribution in [2.45, 2.75) is 26.8 Å². The van der Waals surface area contributed by atoms with E-state index in [1.807, 2.05) is 19.3 Å². The zero-order valence-corrected chi connectivity index (χ0v) is 14.2. The summed E-state index contributed by atoms with van der Waals surface area (Å²) in [6.45, 7) is 6.51. The molecule has 0 amide bonds. The molecule has 3 nitrogen and oxygen atoms in total. The van der Waals surface area contributed by atoms with Crippen molar-refractivity contribution < 1.29 is 0 Å². The second-order valence-corrected chi connectivity index (χ2v) is 6.33. The van der Waals surface area contributed by atoms with Crippen LogP contribution in [0.2, 0.25) is 0 Å². The lowest BCUT2D eigenvalue weighted by atomic mass is 10.0. The molecule has 3 rings (SSSR count). The van der Waals surface area contributed by atoms with E-state index in [9.17, 15) is 0 Å². The molecule has 3 aromatic rings. The Kier molecular flexibility index (Phi) is 4.28. The van der Waals surface area contributed by atoms with Crippen molar-refractivity contribution in [2.75, 3.05) is 0 Å². The maximum absolute atomic E-state index is 4.83. The van der Waals surface area contributed by atoms with Gasteiger partial charge in [0.15, 0.2) is 5.82 Å². The van der Waals surface area contributed by atoms with E-state index in [0.717, 1.165) is 22.4 Å². The molecule has 0 spiro atoms. The second-order valence-electron chi connectivity index (χ2n) is 6.33. The molecule has 1 unspecified atom stereocenters. The van der Waals surface area contributed by atoms with Crippen molar-refractivity contribution in [3.05, 3.63) is 54.4 Å². The van der Waals surface area contributed by atoms with Gasteiger partial charge in [-0.05, 0) is 24.5 Å². The van der Waals surface area contributed by atoms with Crippen LogP contribution >= 0.6 is 0 Å². The molecular weight excluding hydrogens is 282 g/mol. The first kappa shape index (κ1) is 15.5. The van der Waals surface area contributed by atoms with E-state index < -0.39 is 0 Å². The van der Waals surface area contributed by atoms with Crippen molar-refractivity contribution >= 4 is 17.2 Å². The van der Waals surface area contributed by atoms with E-state index in [1.54, 1.807) is 0 Å². The molecule has 1 aromatic heterocycles. The fourth-order valence-electron chi connectivity index (χ4n) is 2.55. The van der Waals surface area contributed by atoms with E-state index in [1.165, 1.54) is 5.56 Å². The second kappa shape index (κ2) is 6.37. The quantitative estimate of drug-likeness (QED) is 0.642. The number of para-hydroxylation sites is 1. The van der Waals surface area contributed by atoms with Gasteiger partial charge in [-0.3, -0.25) is 4.99 Å². The maximum atomic E-state index is 4.83. The van der Waals surface area contributed by atoms with E-state index >= 15 is 0 Å². The molecule has 0 radical (unpaired) electrons. The molecule has 0 N–H and O–H groups in total. The van der Waals surface area contributed by atoms with Gasteiger partial charge in [0.1, 0.15) is 0 Å². The van der Waals surface area contributed by atoms with Crippen molar-refractivity contribution in [2.24, 2.45) is 18.0 Å². The highest BCUT2D eigenvalue weighted by atomic mass is 15.1. The van der Waals surface area contributed by atoms with Crippen LogP contribution in [-0.4, -0.2) is 21.8 Å². The van der Waals surface area contributed by atoms with Gasteiger partial charge < -0.3 is 4.57 Å². The molecule has 0 saturated heterocycles. The van der Waals surface area contributed by atoms with Crippen LogP contribution in [0.25, 0.3) is 22.2 Å². The van der Waals surface area contributed by atoms with Crippen LogP contribution in [0.3, 0.4) is 0 Å². The molecule has 1 atom stereocenters. The van der Waals surface area contributed by atoms with Gasteiger partial charge in [-0.15, -0.1) is 0 Å². The third kappa shape index (κ3) is 3.04. The standard InChI is InChI=1S/C20H23N3/c1-14(2)15(3)21-13-19-22-20-17(16-9-6-5-7-10-16)11-8-12-18(20)23(19)4/h5-15H,1-4H3/b21-13+. The van der Waals surface area contributed by atoms with E-state index in [2.05, 4.69) is 72.8 Å². The highest BCUT2D eigenvalue weighted by Crippen LogP contribution is 2.28. The van der Waals surface area contributed by atoms with Crippen molar-refractivity contribution in [1.82, 2.24) is 9.55 Å². The molecule has 118 valence electrons. The molecule has 0 aliphatic heterocycles. The third-order valence-corrected chi connectivity index (χ3v) is 4.42. The number of hydrogen-bond donors (Lipinski definition) is 0. The van der Waals surface area contributed by atoms with Crippen LogP contribution in [0.1, 0.15) is 26.6 Å².